The van der Waals surface area contributed by atoms with E-state index in [9.17, 15) is 0 Å². The van der Waals surface area contributed by atoms with Crippen LogP contribution in [0.2, 0.25) is 0 Å². The molecule has 1 fully saturated rings. The van der Waals surface area contributed by atoms with Gasteiger partial charge in [-0.05, 0) is 32.2 Å². The summed E-state index contributed by atoms with van der Waals surface area (Å²) in [7, 11) is 5.87. The van der Waals surface area contributed by atoms with Gasteiger partial charge in [0.15, 0.2) is 7.98 Å². The van der Waals surface area contributed by atoms with Crippen molar-refractivity contribution >= 4 is 7.98 Å². The van der Waals surface area contributed by atoms with Crippen molar-refractivity contribution in [2.45, 2.75) is 45.1 Å². The summed E-state index contributed by atoms with van der Waals surface area (Å²) < 4.78 is 0. The maximum absolute atomic E-state index is 5.87. The van der Waals surface area contributed by atoms with Crippen molar-refractivity contribution in [3.05, 3.63) is 0 Å². The first-order chi connectivity index (χ1) is 4.75. The minimum Gasteiger partial charge on any atom is -0.348 e. The van der Waals surface area contributed by atoms with Gasteiger partial charge in [-0.2, -0.15) is 0 Å². The van der Waals surface area contributed by atoms with E-state index in [1.807, 2.05) is 4.81 Å². The van der Waals surface area contributed by atoms with Crippen molar-refractivity contribution in [3.63, 3.8) is 0 Å². The fourth-order valence-electron chi connectivity index (χ4n) is 1.47. The maximum atomic E-state index is 5.87. The highest BCUT2D eigenvalue weighted by molar-refractivity contribution is 6.05. The van der Waals surface area contributed by atoms with Gasteiger partial charge in [0, 0.05) is 5.54 Å². The third kappa shape index (κ3) is 1.37. The van der Waals surface area contributed by atoms with Crippen molar-refractivity contribution in [2.24, 2.45) is 0 Å². The molecule has 1 aliphatic carbocycles. The first-order valence-electron chi connectivity index (χ1n) is 4.27. The SMILES string of the molecule is [B]N(CCC)C1(CC)CC1. The molecule has 0 aromatic heterocycles. The zero-order chi connectivity index (χ0) is 7.61. The molecular formula is C8H16BN. The van der Waals surface area contributed by atoms with Crippen molar-refractivity contribution in [1.29, 1.82) is 0 Å². The minimum absolute atomic E-state index is 0.413. The second kappa shape index (κ2) is 2.95. The number of rotatable bonds is 4. The molecule has 10 heavy (non-hydrogen) atoms. The predicted molar refractivity (Wildman–Crippen MR) is 45.0 cm³/mol. The van der Waals surface area contributed by atoms with E-state index in [-0.39, 0.29) is 0 Å². The topological polar surface area (TPSA) is 3.24 Å². The van der Waals surface area contributed by atoms with Crippen LogP contribution in [0.15, 0.2) is 0 Å². The Bertz CT molecular complexity index is 110. The summed E-state index contributed by atoms with van der Waals surface area (Å²) in [5.41, 5.74) is 0.413. The first kappa shape index (κ1) is 8.12. The predicted octanol–water partition coefficient (Wildman–Crippen LogP) is 1.72. The lowest BCUT2D eigenvalue weighted by Gasteiger charge is -2.26. The molecule has 0 bridgehead atoms. The fourth-order valence-corrected chi connectivity index (χ4v) is 1.47. The molecule has 0 spiro atoms. The smallest absolute Gasteiger partial charge is 0.183 e. The molecule has 2 heteroatoms. The van der Waals surface area contributed by atoms with Gasteiger partial charge in [-0.25, -0.2) is 0 Å². The monoisotopic (exact) mass is 137 g/mol. The largest absolute Gasteiger partial charge is 0.348 e. The van der Waals surface area contributed by atoms with E-state index in [1.165, 1.54) is 19.3 Å². The molecule has 0 unspecified atom stereocenters. The lowest BCUT2D eigenvalue weighted by Crippen LogP contribution is -2.35. The molecule has 0 amide bonds. The lowest BCUT2D eigenvalue weighted by molar-refractivity contribution is 0.307. The molecular weight excluding hydrogens is 121 g/mol. The van der Waals surface area contributed by atoms with E-state index in [4.69, 9.17) is 7.98 Å². The van der Waals surface area contributed by atoms with E-state index in [0.29, 0.717) is 5.54 Å². The van der Waals surface area contributed by atoms with Crippen molar-refractivity contribution in [2.75, 3.05) is 6.54 Å². The van der Waals surface area contributed by atoms with Crippen LogP contribution in [0.25, 0.3) is 0 Å². The number of nitrogens with zero attached hydrogens (tertiary/aromatic N) is 1. The van der Waals surface area contributed by atoms with Crippen LogP contribution in [-0.4, -0.2) is 24.9 Å². The van der Waals surface area contributed by atoms with Crippen LogP contribution in [-0.2, 0) is 0 Å². The molecule has 1 aliphatic rings. The highest BCUT2D eigenvalue weighted by Gasteiger charge is 2.43. The molecule has 1 nitrogen and oxygen atoms in total. The summed E-state index contributed by atoms with van der Waals surface area (Å²) >= 11 is 0. The van der Waals surface area contributed by atoms with Crippen molar-refractivity contribution < 1.29 is 0 Å². The molecule has 0 heterocycles. The zero-order valence-corrected chi connectivity index (χ0v) is 7.06. The maximum Gasteiger partial charge on any atom is 0.183 e. The second-order valence-electron chi connectivity index (χ2n) is 3.27. The molecule has 0 saturated heterocycles. The number of hydrogen-bond acceptors (Lipinski definition) is 1. The normalized spacial score (nSPS) is 21.5. The van der Waals surface area contributed by atoms with E-state index in [2.05, 4.69) is 13.8 Å². The third-order valence-corrected chi connectivity index (χ3v) is 2.56. The Morgan fingerprint density at radius 3 is 2.30 bits per heavy atom. The standard InChI is InChI=1S/C8H16BN/c1-3-7-10(9)8(4-2)5-6-8/h3-7H2,1-2H3. The Kier molecular flexibility index (Phi) is 2.40. The average molecular weight is 137 g/mol. The second-order valence-corrected chi connectivity index (χ2v) is 3.27. The van der Waals surface area contributed by atoms with Crippen LogP contribution in [0, 0.1) is 0 Å². The van der Waals surface area contributed by atoms with Gasteiger partial charge in [0.1, 0.15) is 0 Å². The van der Waals surface area contributed by atoms with Gasteiger partial charge in [-0.15, -0.1) is 0 Å². The van der Waals surface area contributed by atoms with Crippen LogP contribution < -0.4 is 0 Å². The van der Waals surface area contributed by atoms with E-state index in [0.717, 1.165) is 13.0 Å². The van der Waals surface area contributed by atoms with Gasteiger partial charge >= 0.3 is 0 Å². The average Bonchev–Trinajstić information content (AvgIpc) is 2.68. The summed E-state index contributed by atoms with van der Waals surface area (Å²) in [4.78, 5) is 2.03. The first-order valence-corrected chi connectivity index (χ1v) is 4.27. The Labute approximate surface area is 65.2 Å². The Morgan fingerprint density at radius 2 is 2.00 bits per heavy atom. The van der Waals surface area contributed by atoms with E-state index >= 15 is 0 Å². The van der Waals surface area contributed by atoms with Gasteiger partial charge in [-0.1, -0.05) is 13.8 Å². The highest BCUT2D eigenvalue weighted by atomic mass is 15.1. The Balaban J connectivity index is 2.32. The highest BCUT2D eigenvalue weighted by Crippen LogP contribution is 2.43. The molecule has 0 N–H and O–H groups in total. The molecule has 0 aliphatic heterocycles. The van der Waals surface area contributed by atoms with Gasteiger partial charge < -0.3 is 4.81 Å². The number of hydrogen-bond donors (Lipinski definition) is 0. The minimum atomic E-state index is 0.413. The van der Waals surface area contributed by atoms with Gasteiger partial charge in [0.05, 0.1) is 0 Å². The van der Waals surface area contributed by atoms with Gasteiger partial charge in [0.2, 0.25) is 0 Å². The van der Waals surface area contributed by atoms with Gasteiger partial charge in [0.25, 0.3) is 0 Å². The van der Waals surface area contributed by atoms with E-state index < -0.39 is 0 Å². The Morgan fingerprint density at radius 1 is 1.40 bits per heavy atom. The molecule has 1 rings (SSSR count). The summed E-state index contributed by atoms with van der Waals surface area (Å²) in [6.07, 6.45) is 4.99. The van der Waals surface area contributed by atoms with Crippen molar-refractivity contribution in [1.82, 2.24) is 4.81 Å². The lowest BCUT2D eigenvalue weighted by atomic mass is 10.1. The van der Waals surface area contributed by atoms with Crippen LogP contribution in [0.4, 0.5) is 0 Å². The Hall–Kier alpha value is 0.0249. The fraction of sp³-hybridized carbons (Fsp3) is 1.00. The van der Waals surface area contributed by atoms with Crippen LogP contribution >= 0.6 is 0 Å². The quantitative estimate of drug-likeness (QED) is 0.533. The van der Waals surface area contributed by atoms with E-state index in [1.54, 1.807) is 0 Å². The van der Waals surface area contributed by atoms with Crippen LogP contribution in [0.3, 0.4) is 0 Å². The van der Waals surface area contributed by atoms with Gasteiger partial charge in [-0.3, -0.25) is 0 Å². The summed E-state index contributed by atoms with van der Waals surface area (Å²) in [6.45, 7) is 5.45. The summed E-state index contributed by atoms with van der Waals surface area (Å²) in [5.74, 6) is 0. The summed E-state index contributed by atoms with van der Waals surface area (Å²) in [5, 5.41) is 0. The van der Waals surface area contributed by atoms with Crippen LogP contribution in [0.5, 0.6) is 0 Å². The summed E-state index contributed by atoms with van der Waals surface area (Å²) in [6, 6.07) is 0. The third-order valence-electron chi connectivity index (χ3n) is 2.56. The van der Waals surface area contributed by atoms with Crippen molar-refractivity contribution in [3.8, 4) is 0 Å². The molecule has 56 valence electrons. The molecule has 1 saturated carbocycles. The molecule has 2 radical (unpaired) electrons. The zero-order valence-electron chi connectivity index (χ0n) is 7.06. The molecule has 0 atom stereocenters. The molecule has 0 aromatic rings. The molecule has 0 aromatic carbocycles. The van der Waals surface area contributed by atoms with Crippen LogP contribution in [0.1, 0.15) is 39.5 Å².